The number of quaternary nitrogens is 1. The normalized spacial score (nSPS) is 11.6. The van der Waals surface area contributed by atoms with Gasteiger partial charge in [-0.2, -0.15) is 0 Å². The average molecular weight is 475 g/mol. The van der Waals surface area contributed by atoms with Crippen molar-refractivity contribution in [1.29, 1.82) is 0 Å². The number of rotatable bonds is 24. The Hall–Kier alpha value is -1.35. The van der Waals surface area contributed by atoms with Gasteiger partial charge in [0.2, 0.25) is 0 Å². The molecule has 0 spiro atoms. The quantitative estimate of drug-likeness (QED) is 0.0848. The minimum atomic E-state index is 0.698. The lowest BCUT2D eigenvalue weighted by molar-refractivity contribution is -0.890. The highest BCUT2D eigenvalue weighted by atomic mass is 16.5. The van der Waals surface area contributed by atoms with Gasteiger partial charge in [-0.05, 0) is 56.4 Å². The van der Waals surface area contributed by atoms with E-state index in [1.807, 2.05) is 12.1 Å². The van der Waals surface area contributed by atoms with E-state index in [2.05, 4.69) is 21.0 Å². The highest BCUT2D eigenvalue weighted by Gasteiger charge is 2.13. The van der Waals surface area contributed by atoms with Crippen LogP contribution >= 0.6 is 0 Å². The van der Waals surface area contributed by atoms with E-state index < -0.39 is 0 Å². The molecule has 0 saturated heterocycles. The van der Waals surface area contributed by atoms with Crippen LogP contribution in [0.5, 0.6) is 5.75 Å². The number of nitrogens with zero attached hydrogens (tertiary/aromatic N) is 1. The first-order valence-electron chi connectivity index (χ1n) is 14.6. The van der Waals surface area contributed by atoms with Crippen molar-refractivity contribution in [2.75, 3.05) is 33.8 Å². The summed E-state index contributed by atoms with van der Waals surface area (Å²) in [5.74, 6) is 0.861. The van der Waals surface area contributed by atoms with E-state index in [9.17, 15) is 4.79 Å². The molecule has 1 aromatic rings. The zero-order valence-electron chi connectivity index (χ0n) is 23.0. The highest BCUT2D eigenvalue weighted by molar-refractivity contribution is 5.74. The summed E-state index contributed by atoms with van der Waals surface area (Å²) in [5.41, 5.74) is 0.698. The fourth-order valence-corrected chi connectivity index (χ4v) is 4.67. The summed E-state index contributed by atoms with van der Waals surface area (Å²) in [6.45, 7) is 5.75. The Morgan fingerprint density at radius 1 is 0.618 bits per heavy atom. The van der Waals surface area contributed by atoms with E-state index in [0.29, 0.717) is 5.56 Å². The molecule has 0 aliphatic heterocycles. The van der Waals surface area contributed by atoms with Crippen molar-refractivity contribution in [3.63, 3.8) is 0 Å². The van der Waals surface area contributed by atoms with Crippen LogP contribution in [0.1, 0.15) is 133 Å². The van der Waals surface area contributed by atoms with Gasteiger partial charge in [0.05, 0.1) is 33.8 Å². The monoisotopic (exact) mass is 474 g/mol. The molecule has 0 radical (unpaired) electrons. The maximum Gasteiger partial charge on any atom is 0.150 e. The third kappa shape index (κ3) is 18.0. The van der Waals surface area contributed by atoms with Gasteiger partial charge in [-0.1, -0.05) is 90.4 Å². The largest absolute Gasteiger partial charge is 0.494 e. The van der Waals surface area contributed by atoms with E-state index in [4.69, 9.17) is 4.74 Å². The molecular weight excluding hydrogens is 418 g/mol. The zero-order chi connectivity index (χ0) is 24.7. The van der Waals surface area contributed by atoms with Gasteiger partial charge >= 0.3 is 0 Å². The molecule has 0 aliphatic carbocycles. The number of aldehydes is 1. The highest BCUT2D eigenvalue weighted by Crippen LogP contribution is 2.15. The van der Waals surface area contributed by atoms with Crippen LogP contribution in [0.15, 0.2) is 24.3 Å². The first-order valence-corrected chi connectivity index (χ1v) is 14.6. The minimum Gasteiger partial charge on any atom is -0.494 e. The number of unbranched alkanes of at least 4 members (excludes halogenated alkanes) is 16. The van der Waals surface area contributed by atoms with Crippen molar-refractivity contribution < 1.29 is 14.0 Å². The van der Waals surface area contributed by atoms with Gasteiger partial charge in [-0.3, -0.25) is 4.79 Å². The Morgan fingerprint density at radius 3 is 1.47 bits per heavy atom. The number of hydrogen-bond acceptors (Lipinski definition) is 2. The smallest absolute Gasteiger partial charge is 0.150 e. The molecule has 0 amide bonds. The molecule has 1 rings (SSSR count). The number of hydrogen-bond donors (Lipinski definition) is 0. The maximum atomic E-state index is 10.7. The molecule has 196 valence electrons. The third-order valence-electron chi connectivity index (χ3n) is 7.06. The molecule has 0 N–H and O–H groups in total. The van der Waals surface area contributed by atoms with Gasteiger partial charge in [-0.15, -0.1) is 0 Å². The second-order valence-electron chi connectivity index (χ2n) is 10.9. The van der Waals surface area contributed by atoms with Gasteiger partial charge in [0.25, 0.3) is 0 Å². The molecule has 0 bridgehead atoms. The van der Waals surface area contributed by atoms with E-state index in [0.717, 1.165) is 25.1 Å². The molecule has 0 saturated carbocycles. The molecule has 0 heterocycles. The van der Waals surface area contributed by atoms with Gasteiger partial charge in [0.15, 0.2) is 0 Å². The standard InChI is InChI=1S/C31H56NO2/c1-4-5-6-7-8-9-10-13-16-19-26-32(2,3)27-20-17-14-11-12-15-18-21-28-34-31-24-22-30(29-33)23-25-31/h22-25,29H,4-21,26-28H2,1-3H3/q+1. The third-order valence-corrected chi connectivity index (χ3v) is 7.06. The molecule has 0 unspecified atom stereocenters. The van der Waals surface area contributed by atoms with Crippen molar-refractivity contribution in [3.8, 4) is 5.75 Å². The number of benzene rings is 1. The molecule has 34 heavy (non-hydrogen) atoms. The Kier molecular flexibility index (Phi) is 18.9. The van der Waals surface area contributed by atoms with Crippen molar-refractivity contribution in [2.45, 2.75) is 122 Å². The fraction of sp³-hybridized carbons (Fsp3) is 0.774. The number of carbonyl (C=O) groups is 1. The summed E-state index contributed by atoms with van der Waals surface area (Å²) in [4.78, 5) is 10.7. The summed E-state index contributed by atoms with van der Waals surface area (Å²) >= 11 is 0. The van der Waals surface area contributed by atoms with Crippen LogP contribution in [0.25, 0.3) is 0 Å². The van der Waals surface area contributed by atoms with E-state index in [-0.39, 0.29) is 0 Å². The molecular formula is C31H56NO2+. The summed E-state index contributed by atoms with van der Waals surface area (Å²) in [7, 11) is 4.85. The van der Waals surface area contributed by atoms with E-state index in [1.54, 1.807) is 12.1 Å². The second kappa shape index (κ2) is 21.0. The lowest BCUT2D eigenvalue weighted by Gasteiger charge is -2.30. The summed E-state index contributed by atoms with van der Waals surface area (Å²) < 4.78 is 6.95. The topological polar surface area (TPSA) is 26.3 Å². The van der Waals surface area contributed by atoms with Crippen LogP contribution in [0.2, 0.25) is 0 Å². The SMILES string of the molecule is CCCCCCCCCCCC[N+](C)(C)CCCCCCCCCCOc1ccc(C=O)cc1. The molecule has 0 aromatic heterocycles. The molecule has 1 aromatic carbocycles. The second-order valence-corrected chi connectivity index (χ2v) is 10.9. The van der Waals surface area contributed by atoms with Crippen molar-refractivity contribution in [1.82, 2.24) is 0 Å². The van der Waals surface area contributed by atoms with Gasteiger partial charge in [-0.25, -0.2) is 0 Å². The molecule has 0 fully saturated rings. The first-order chi connectivity index (χ1) is 16.6. The van der Waals surface area contributed by atoms with E-state index >= 15 is 0 Å². The summed E-state index contributed by atoms with van der Waals surface area (Å²) in [6, 6.07) is 7.36. The maximum absolute atomic E-state index is 10.7. The fourth-order valence-electron chi connectivity index (χ4n) is 4.67. The van der Waals surface area contributed by atoms with Crippen LogP contribution in [-0.2, 0) is 0 Å². The molecule has 3 nitrogen and oxygen atoms in total. The molecule has 0 aliphatic rings. The van der Waals surface area contributed by atoms with Crippen molar-refractivity contribution in [2.24, 2.45) is 0 Å². The molecule has 0 atom stereocenters. The van der Waals surface area contributed by atoms with Crippen molar-refractivity contribution in [3.05, 3.63) is 29.8 Å². The van der Waals surface area contributed by atoms with Crippen LogP contribution in [-0.4, -0.2) is 44.6 Å². The van der Waals surface area contributed by atoms with Crippen molar-refractivity contribution >= 4 is 6.29 Å². The number of ether oxygens (including phenoxy) is 1. The lowest BCUT2D eigenvalue weighted by atomic mass is 10.1. The van der Waals surface area contributed by atoms with Gasteiger partial charge in [0.1, 0.15) is 12.0 Å². The Labute approximate surface area is 212 Å². The summed E-state index contributed by atoms with van der Waals surface area (Å²) in [5, 5.41) is 0. The van der Waals surface area contributed by atoms with Gasteiger partial charge < -0.3 is 9.22 Å². The summed E-state index contributed by atoms with van der Waals surface area (Å²) in [6.07, 6.45) is 25.7. The van der Waals surface area contributed by atoms with Crippen LogP contribution in [0, 0.1) is 0 Å². The van der Waals surface area contributed by atoms with Crippen LogP contribution in [0.3, 0.4) is 0 Å². The predicted octanol–water partition coefficient (Wildman–Crippen LogP) is 9.00. The molecule has 3 heteroatoms. The van der Waals surface area contributed by atoms with E-state index in [1.165, 1.54) is 127 Å². The first kappa shape index (κ1) is 30.7. The Morgan fingerprint density at radius 2 is 1.03 bits per heavy atom. The Bertz CT molecular complexity index is 582. The van der Waals surface area contributed by atoms with Crippen LogP contribution in [0.4, 0.5) is 0 Å². The Balaban J connectivity index is 1.84. The lowest BCUT2D eigenvalue weighted by Crippen LogP contribution is -2.41. The minimum absolute atomic E-state index is 0.698. The van der Waals surface area contributed by atoms with Crippen LogP contribution < -0.4 is 4.74 Å². The number of carbonyl (C=O) groups excluding carboxylic acids is 1. The predicted molar refractivity (Wildman–Crippen MR) is 148 cm³/mol. The zero-order valence-corrected chi connectivity index (χ0v) is 23.0. The average Bonchev–Trinajstić information content (AvgIpc) is 2.84. The van der Waals surface area contributed by atoms with Gasteiger partial charge in [0, 0.05) is 5.56 Å².